The Balaban J connectivity index is 1.54. The van der Waals surface area contributed by atoms with Crippen molar-refractivity contribution in [2.45, 2.75) is 37.7 Å². The Kier molecular flexibility index (Phi) is 4.59. The molecule has 0 saturated carbocycles. The van der Waals surface area contributed by atoms with Gasteiger partial charge in [-0.15, -0.1) is 0 Å². The van der Waals surface area contributed by atoms with Crippen LogP contribution in [-0.2, 0) is 9.53 Å². The topological polar surface area (TPSA) is 85.5 Å². The molecule has 1 aromatic carbocycles. The molecule has 2 aliphatic rings. The van der Waals surface area contributed by atoms with Crippen molar-refractivity contribution < 1.29 is 14.3 Å². The number of pyridine rings is 1. The van der Waals surface area contributed by atoms with Crippen molar-refractivity contribution in [3.8, 4) is 0 Å². The number of aromatic nitrogens is 1. The maximum Gasteiger partial charge on any atom is 0.251 e. The Labute approximate surface area is 152 Å². The number of nitrogens with zero attached hydrogens (tertiary/aromatic N) is 2. The highest BCUT2D eigenvalue weighted by Gasteiger charge is 2.32. The summed E-state index contributed by atoms with van der Waals surface area (Å²) in [6.45, 7) is 2.00. The van der Waals surface area contributed by atoms with Gasteiger partial charge in [-0.05, 0) is 37.8 Å². The lowest BCUT2D eigenvalue weighted by atomic mass is 9.89. The molecule has 6 nitrogen and oxygen atoms in total. The zero-order valence-electron chi connectivity index (χ0n) is 14.7. The monoisotopic (exact) mass is 353 g/mol. The fraction of sp³-hybridized carbons (Fsp3) is 0.450. The van der Waals surface area contributed by atoms with Crippen LogP contribution in [0.25, 0.3) is 10.9 Å². The molecule has 2 amide bonds. The minimum absolute atomic E-state index is 0.0996. The number of carbonyl (C=O) groups is 2. The van der Waals surface area contributed by atoms with Crippen molar-refractivity contribution >= 4 is 22.7 Å². The molecule has 2 saturated heterocycles. The molecule has 4 rings (SSSR count). The predicted molar refractivity (Wildman–Crippen MR) is 97.8 cm³/mol. The van der Waals surface area contributed by atoms with Gasteiger partial charge in [-0.25, -0.2) is 0 Å². The summed E-state index contributed by atoms with van der Waals surface area (Å²) in [5.41, 5.74) is 7.73. The van der Waals surface area contributed by atoms with Crippen LogP contribution in [0.4, 0.5) is 0 Å². The Morgan fingerprint density at radius 1 is 1.15 bits per heavy atom. The second kappa shape index (κ2) is 7.03. The molecule has 1 atom stereocenters. The number of piperidine rings is 1. The standard InChI is InChI=1S/C20H23N3O3/c21-19(24)15-12-14-4-1-2-5-16(14)22-18(15)13-7-9-23(10-8-13)20(25)17-6-3-11-26-17/h1-2,4-5,12-13,17H,3,6-11H2,(H2,21,24). The fourth-order valence-electron chi connectivity index (χ4n) is 3.99. The lowest BCUT2D eigenvalue weighted by Gasteiger charge is -2.33. The van der Waals surface area contributed by atoms with Crippen molar-refractivity contribution in [2.24, 2.45) is 5.73 Å². The Bertz CT molecular complexity index is 837. The third kappa shape index (κ3) is 3.17. The van der Waals surface area contributed by atoms with Gasteiger partial charge in [0.15, 0.2) is 0 Å². The zero-order chi connectivity index (χ0) is 18.1. The maximum atomic E-state index is 12.5. The van der Waals surface area contributed by atoms with E-state index in [2.05, 4.69) is 0 Å². The van der Waals surface area contributed by atoms with E-state index in [1.165, 1.54) is 0 Å². The number of carbonyl (C=O) groups excluding carboxylic acids is 2. The summed E-state index contributed by atoms with van der Waals surface area (Å²) in [6, 6.07) is 9.57. The number of nitrogens with two attached hydrogens (primary N) is 1. The number of hydrogen-bond donors (Lipinski definition) is 1. The average molecular weight is 353 g/mol. The third-order valence-electron chi connectivity index (χ3n) is 5.42. The normalized spacial score (nSPS) is 21.2. The van der Waals surface area contributed by atoms with Crippen LogP contribution in [0, 0.1) is 0 Å². The third-order valence-corrected chi connectivity index (χ3v) is 5.42. The number of rotatable bonds is 3. The number of ether oxygens (including phenoxy) is 1. The molecule has 136 valence electrons. The molecule has 1 aromatic heterocycles. The van der Waals surface area contributed by atoms with Crippen LogP contribution in [0.15, 0.2) is 30.3 Å². The summed E-state index contributed by atoms with van der Waals surface area (Å²) in [4.78, 5) is 31.1. The van der Waals surface area contributed by atoms with Crippen LogP contribution >= 0.6 is 0 Å². The zero-order valence-corrected chi connectivity index (χ0v) is 14.7. The number of primary amides is 1. The first kappa shape index (κ1) is 17.0. The number of amides is 2. The molecule has 1 unspecified atom stereocenters. The number of benzene rings is 1. The smallest absolute Gasteiger partial charge is 0.251 e. The molecular weight excluding hydrogens is 330 g/mol. The average Bonchev–Trinajstić information content (AvgIpc) is 3.21. The predicted octanol–water partition coefficient (Wildman–Crippen LogP) is 2.22. The second-order valence-corrected chi connectivity index (χ2v) is 7.08. The molecule has 2 aliphatic heterocycles. The van der Waals surface area contributed by atoms with Crippen molar-refractivity contribution in [1.29, 1.82) is 0 Å². The SMILES string of the molecule is NC(=O)c1cc2ccccc2nc1C1CCN(C(=O)C2CCCO2)CC1. The second-order valence-electron chi connectivity index (χ2n) is 7.08. The molecule has 2 fully saturated rings. The van der Waals surface area contributed by atoms with Crippen LogP contribution in [-0.4, -0.2) is 47.5 Å². The molecule has 0 radical (unpaired) electrons. The van der Waals surface area contributed by atoms with E-state index in [1.54, 1.807) is 0 Å². The van der Waals surface area contributed by atoms with Gasteiger partial charge in [0.05, 0.1) is 16.8 Å². The first-order valence-corrected chi connectivity index (χ1v) is 9.23. The van der Waals surface area contributed by atoms with E-state index >= 15 is 0 Å². The minimum Gasteiger partial charge on any atom is -0.368 e. The van der Waals surface area contributed by atoms with Crippen molar-refractivity contribution in [3.05, 3.63) is 41.6 Å². The highest BCUT2D eigenvalue weighted by molar-refractivity contribution is 5.97. The quantitative estimate of drug-likeness (QED) is 0.917. The molecular formula is C20H23N3O3. The molecule has 0 aliphatic carbocycles. The summed E-state index contributed by atoms with van der Waals surface area (Å²) in [5, 5.41) is 0.913. The van der Waals surface area contributed by atoms with Gasteiger partial charge in [-0.1, -0.05) is 18.2 Å². The van der Waals surface area contributed by atoms with Crippen LogP contribution in [0.5, 0.6) is 0 Å². The molecule has 2 aromatic rings. The molecule has 0 spiro atoms. The van der Waals surface area contributed by atoms with Gasteiger partial charge in [-0.3, -0.25) is 14.6 Å². The summed E-state index contributed by atoms with van der Waals surface area (Å²) in [6.07, 6.45) is 3.06. The molecule has 26 heavy (non-hydrogen) atoms. The Morgan fingerprint density at radius 2 is 1.92 bits per heavy atom. The van der Waals surface area contributed by atoms with Crippen molar-refractivity contribution in [3.63, 3.8) is 0 Å². The largest absolute Gasteiger partial charge is 0.368 e. The molecule has 3 heterocycles. The number of para-hydroxylation sites is 1. The Morgan fingerprint density at radius 3 is 2.62 bits per heavy atom. The van der Waals surface area contributed by atoms with Crippen molar-refractivity contribution in [1.82, 2.24) is 9.88 Å². The summed E-state index contributed by atoms with van der Waals surface area (Å²) in [5.74, 6) is -0.214. The summed E-state index contributed by atoms with van der Waals surface area (Å²) < 4.78 is 5.51. The van der Waals surface area contributed by atoms with Gasteiger partial charge in [0, 0.05) is 31.0 Å². The van der Waals surface area contributed by atoms with Crippen LogP contribution < -0.4 is 5.73 Å². The van der Waals surface area contributed by atoms with Gasteiger partial charge < -0.3 is 15.4 Å². The van der Waals surface area contributed by atoms with E-state index in [-0.39, 0.29) is 17.9 Å². The highest BCUT2D eigenvalue weighted by atomic mass is 16.5. The van der Waals surface area contributed by atoms with E-state index in [9.17, 15) is 9.59 Å². The van der Waals surface area contributed by atoms with Crippen molar-refractivity contribution in [2.75, 3.05) is 19.7 Å². The number of likely N-dealkylation sites (tertiary alicyclic amines) is 1. The van der Waals surface area contributed by atoms with Crippen LogP contribution in [0.2, 0.25) is 0 Å². The lowest BCUT2D eigenvalue weighted by molar-refractivity contribution is -0.142. The van der Waals surface area contributed by atoms with E-state index in [1.807, 2.05) is 35.2 Å². The van der Waals surface area contributed by atoms with Gasteiger partial charge in [0.1, 0.15) is 6.10 Å². The van der Waals surface area contributed by atoms with Gasteiger partial charge in [-0.2, -0.15) is 0 Å². The van der Waals surface area contributed by atoms with Crippen LogP contribution in [0.1, 0.15) is 47.7 Å². The molecule has 6 heteroatoms. The number of hydrogen-bond acceptors (Lipinski definition) is 4. The highest BCUT2D eigenvalue weighted by Crippen LogP contribution is 2.31. The van der Waals surface area contributed by atoms with Gasteiger partial charge in [0.2, 0.25) is 0 Å². The summed E-state index contributed by atoms with van der Waals surface area (Å²) >= 11 is 0. The van der Waals surface area contributed by atoms with Crippen LogP contribution in [0.3, 0.4) is 0 Å². The maximum absolute atomic E-state index is 12.5. The fourth-order valence-corrected chi connectivity index (χ4v) is 3.99. The number of fused-ring (bicyclic) bond motifs is 1. The van der Waals surface area contributed by atoms with E-state index in [4.69, 9.17) is 15.5 Å². The Hall–Kier alpha value is -2.47. The van der Waals surface area contributed by atoms with Gasteiger partial charge in [0.25, 0.3) is 11.8 Å². The van der Waals surface area contributed by atoms with E-state index in [0.29, 0.717) is 25.3 Å². The molecule has 2 N–H and O–H groups in total. The first-order chi connectivity index (χ1) is 12.6. The first-order valence-electron chi connectivity index (χ1n) is 9.23. The van der Waals surface area contributed by atoms with E-state index < -0.39 is 5.91 Å². The van der Waals surface area contributed by atoms with Gasteiger partial charge >= 0.3 is 0 Å². The summed E-state index contributed by atoms with van der Waals surface area (Å²) in [7, 11) is 0. The molecule has 0 bridgehead atoms. The van der Waals surface area contributed by atoms with E-state index in [0.717, 1.165) is 42.3 Å². The minimum atomic E-state index is -0.448. The lowest BCUT2D eigenvalue weighted by Crippen LogP contribution is -2.43.